The van der Waals surface area contributed by atoms with Gasteiger partial charge in [-0.15, -0.1) is 0 Å². The number of carbonyl (C=O) groups excluding carboxylic acids is 1. The van der Waals surface area contributed by atoms with Crippen LogP contribution in [0.3, 0.4) is 0 Å². The first kappa shape index (κ1) is 18.3. The number of fused-ring (bicyclic) bond motifs is 1. The van der Waals surface area contributed by atoms with E-state index in [4.69, 9.17) is 4.74 Å². The van der Waals surface area contributed by atoms with Crippen LogP contribution in [0.4, 0.5) is 5.69 Å². The number of hydrogen-bond donors (Lipinski definition) is 1. The lowest BCUT2D eigenvalue weighted by molar-refractivity contribution is 0.0602. The summed E-state index contributed by atoms with van der Waals surface area (Å²) in [5.74, 6) is -0.700. The average molecular weight is 374 g/mol. The number of benzene rings is 1. The van der Waals surface area contributed by atoms with E-state index in [0.717, 1.165) is 16.5 Å². The lowest BCUT2D eigenvalue weighted by Crippen LogP contribution is -2.13. The molecule has 2 rings (SSSR count). The summed E-state index contributed by atoms with van der Waals surface area (Å²) in [7, 11) is -6.02. The first-order valence-corrected chi connectivity index (χ1v) is 10.5. The highest BCUT2D eigenvalue weighted by Crippen LogP contribution is 2.32. The smallest absolute Gasteiger partial charge is 0.340 e. The summed E-state index contributed by atoms with van der Waals surface area (Å²) in [6.45, 7) is 3.13. The number of methoxy groups -OCH3 is 1. The maximum atomic E-state index is 12.1. The average Bonchev–Trinajstić information content (AvgIpc) is 2.68. The Balaban J connectivity index is 2.97. The van der Waals surface area contributed by atoms with Crippen LogP contribution in [0, 0.1) is 13.8 Å². The molecule has 0 bridgehead atoms. The second-order valence-electron chi connectivity index (χ2n) is 5.54. The third-order valence-corrected chi connectivity index (χ3v) is 5.24. The number of sulfonamides is 1. The van der Waals surface area contributed by atoms with Crippen LogP contribution < -0.4 is 4.72 Å². The highest BCUT2D eigenvalue weighted by Gasteiger charge is 2.25. The summed E-state index contributed by atoms with van der Waals surface area (Å²) in [6, 6.07) is 2.95. The number of aryl methyl sites for hydroxylation is 1. The minimum absolute atomic E-state index is 0.0782. The van der Waals surface area contributed by atoms with E-state index < -0.39 is 26.0 Å². The van der Waals surface area contributed by atoms with Gasteiger partial charge in [-0.25, -0.2) is 25.6 Å². The molecule has 0 aliphatic carbocycles. The predicted molar refractivity (Wildman–Crippen MR) is 91.5 cm³/mol. The van der Waals surface area contributed by atoms with Gasteiger partial charge in [-0.05, 0) is 31.5 Å². The molecular formula is C14H18N2O6S2. The quantitative estimate of drug-likeness (QED) is 0.806. The number of rotatable bonds is 4. The van der Waals surface area contributed by atoms with Crippen molar-refractivity contribution in [3.8, 4) is 0 Å². The normalized spacial score (nSPS) is 12.4. The van der Waals surface area contributed by atoms with Crippen molar-refractivity contribution in [1.82, 2.24) is 3.97 Å². The van der Waals surface area contributed by atoms with Gasteiger partial charge in [0.15, 0.2) is 0 Å². The summed E-state index contributed by atoms with van der Waals surface area (Å²) < 4.78 is 55.4. The third kappa shape index (κ3) is 3.24. The Hall–Kier alpha value is -2.07. The highest BCUT2D eigenvalue weighted by molar-refractivity contribution is 7.92. The minimum Gasteiger partial charge on any atom is -0.465 e. The summed E-state index contributed by atoms with van der Waals surface area (Å²) in [5, 5.41) is 0.293. The fraction of sp³-hybridized carbons (Fsp3) is 0.357. The summed E-state index contributed by atoms with van der Waals surface area (Å²) in [5.41, 5.74) is 1.35. The molecule has 0 saturated heterocycles. The minimum atomic E-state index is -3.68. The maximum Gasteiger partial charge on any atom is 0.340 e. The number of carbonyl (C=O) groups is 1. The summed E-state index contributed by atoms with van der Waals surface area (Å²) >= 11 is 0. The molecule has 0 saturated carbocycles. The van der Waals surface area contributed by atoms with Crippen LogP contribution in [-0.4, -0.2) is 46.4 Å². The van der Waals surface area contributed by atoms with Gasteiger partial charge in [-0.1, -0.05) is 0 Å². The highest BCUT2D eigenvalue weighted by atomic mass is 32.2. The molecule has 0 aliphatic rings. The van der Waals surface area contributed by atoms with E-state index in [2.05, 4.69) is 4.72 Å². The first-order valence-electron chi connectivity index (χ1n) is 6.79. The van der Waals surface area contributed by atoms with Gasteiger partial charge >= 0.3 is 5.97 Å². The molecule has 0 spiro atoms. The third-order valence-electron chi connectivity index (χ3n) is 3.51. The Labute approximate surface area is 140 Å². The molecule has 132 valence electrons. The Kier molecular flexibility index (Phi) is 4.40. The summed E-state index contributed by atoms with van der Waals surface area (Å²) in [4.78, 5) is 12.1. The number of anilines is 1. The molecule has 0 amide bonds. The standard InChI is InChI=1S/C14H18N2O6S2/c1-8-6-12-10(7-11(8)15-23(4,18)19)13(14(17)22-3)9(2)16(12)24(5,20)21/h6-7,15H,1-5H3. The van der Waals surface area contributed by atoms with Crippen molar-refractivity contribution in [2.45, 2.75) is 13.8 Å². The Morgan fingerprint density at radius 3 is 2.17 bits per heavy atom. The molecule has 1 aromatic heterocycles. The van der Waals surface area contributed by atoms with Crippen LogP contribution >= 0.6 is 0 Å². The molecule has 2 aromatic rings. The zero-order valence-corrected chi connectivity index (χ0v) is 15.5. The number of nitrogens with one attached hydrogen (secondary N) is 1. The molecule has 8 nitrogen and oxygen atoms in total. The second-order valence-corrected chi connectivity index (χ2v) is 9.12. The van der Waals surface area contributed by atoms with E-state index in [9.17, 15) is 21.6 Å². The molecule has 1 heterocycles. The van der Waals surface area contributed by atoms with E-state index in [1.165, 1.54) is 26.2 Å². The van der Waals surface area contributed by atoms with Gasteiger partial charge in [0.25, 0.3) is 0 Å². The number of ether oxygens (including phenoxy) is 1. The van der Waals surface area contributed by atoms with Gasteiger partial charge in [-0.2, -0.15) is 0 Å². The lowest BCUT2D eigenvalue weighted by atomic mass is 10.1. The van der Waals surface area contributed by atoms with E-state index in [1.807, 2.05) is 0 Å². The molecule has 0 aliphatic heterocycles. The molecule has 1 aromatic carbocycles. The predicted octanol–water partition coefficient (Wildman–Crippen LogP) is 1.22. The van der Waals surface area contributed by atoms with E-state index in [0.29, 0.717) is 10.9 Å². The Morgan fingerprint density at radius 2 is 1.71 bits per heavy atom. The molecule has 0 radical (unpaired) electrons. The molecular weight excluding hydrogens is 356 g/mol. The monoisotopic (exact) mass is 374 g/mol. The van der Waals surface area contributed by atoms with E-state index >= 15 is 0 Å². The van der Waals surface area contributed by atoms with Gasteiger partial charge in [0.05, 0.1) is 36.4 Å². The number of nitrogens with zero attached hydrogens (tertiary/aromatic N) is 1. The van der Waals surface area contributed by atoms with Crippen LogP contribution in [0.15, 0.2) is 12.1 Å². The van der Waals surface area contributed by atoms with Crippen molar-refractivity contribution >= 4 is 42.6 Å². The van der Waals surface area contributed by atoms with Crippen molar-refractivity contribution in [1.29, 1.82) is 0 Å². The van der Waals surface area contributed by atoms with Gasteiger partial charge in [-0.3, -0.25) is 4.72 Å². The first-order chi connectivity index (χ1) is 10.9. The van der Waals surface area contributed by atoms with Gasteiger partial charge < -0.3 is 4.74 Å². The van der Waals surface area contributed by atoms with Crippen molar-refractivity contribution in [3.05, 3.63) is 29.0 Å². The van der Waals surface area contributed by atoms with Crippen LogP contribution in [0.25, 0.3) is 10.9 Å². The zero-order valence-electron chi connectivity index (χ0n) is 13.9. The van der Waals surface area contributed by atoms with Crippen LogP contribution in [0.2, 0.25) is 0 Å². The topological polar surface area (TPSA) is 112 Å². The van der Waals surface area contributed by atoms with Crippen molar-refractivity contribution < 1.29 is 26.4 Å². The fourth-order valence-corrected chi connectivity index (χ4v) is 4.35. The summed E-state index contributed by atoms with van der Waals surface area (Å²) in [6.07, 6.45) is 2.03. The fourth-order valence-electron chi connectivity index (χ4n) is 2.63. The van der Waals surface area contributed by atoms with Gasteiger partial charge in [0, 0.05) is 11.1 Å². The zero-order chi connectivity index (χ0) is 18.4. The van der Waals surface area contributed by atoms with Crippen molar-refractivity contribution in [3.63, 3.8) is 0 Å². The second kappa shape index (κ2) is 5.78. The van der Waals surface area contributed by atoms with Gasteiger partial charge in [0.2, 0.25) is 20.0 Å². The van der Waals surface area contributed by atoms with Crippen LogP contribution in [0.1, 0.15) is 21.6 Å². The Morgan fingerprint density at radius 1 is 1.12 bits per heavy atom. The molecule has 0 fully saturated rings. The molecule has 0 atom stereocenters. The SMILES string of the molecule is COC(=O)c1c(C)n(S(C)(=O)=O)c2cc(C)c(NS(C)(=O)=O)cc12. The molecule has 24 heavy (non-hydrogen) atoms. The molecule has 1 N–H and O–H groups in total. The Bertz CT molecular complexity index is 1050. The van der Waals surface area contributed by atoms with Gasteiger partial charge in [0.1, 0.15) is 0 Å². The van der Waals surface area contributed by atoms with Crippen molar-refractivity contribution in [2.75, 3.05) is 24.3 Å². The largest absolute Gasteiger partial charge is 0.465 e. The molecule has 0 unspecified atom stereocenters. The van der Waals surface area contributed by atoms with Crippen LogP contribution in [0.5, 0.6) is 0 Å². The van der Waals surface area contributed by atoms with E-state index in [1.54, 1.807) is 6.92 Å². The molecule has 10 heteroatoms. The van der Waals surface area contributed by atoms with E-state index in [-0.39, 0.29) is 22.5 Å². The van der Waals surface area contributed by atoms with Crippen molar-refractivity contribution in [2.24, 2.45) is 0 Å². The number of esters is 1. The maximum absolute atomic E-state index is 12.1. The van der Waals surface area contributed by atoms with Crippen LogP contribution in [-0.2, 0) is 24.8 Å². The lowest BCUT2D eigenvalue weighted by Gasteiger charge is -2.10. The number of hydrogen-bond acceptors (Lipinski definition) is 6. The number of aromatic nitrogens is 1.